The molecule has 2 aliphatic rings. The van der Waals surface area contributed by atoms with Crippen LogP contribution in [0.4, 0.5) is 0 Å². The molecule has 31 heavy (non-hydrogen) atoms. The molecule has 0 unspecified atom stereocenters. The van der Waals surface area contributed by atoms with E-state index in [4.69, 9.17) is 0 Å². The van der Waals surface area contributed by atoms with Gasteiger partial charge in [-0.2, -0.15) is 0 Å². The standard InChI is InChI=1S/C29H60P2/c1-31(2,3)27-21-13-11-9-7-5-4-6-8-10-12-20-26-30(28-22-16-14-17-23-28)29-24-18-15-19-25-29/h28-29,31H,4-27H2,1-3H3. The average Bonchev–Trinajstić information content (AvgIpc) is 2.77. The minimum atomic E-state index is -0.781. The van der Waals surface area contributed by atoms with Crippen molar-refractivity contribution < 1.29 is 0 Å². The fourth-order valence-electron chi connectivity index (χ4n) is 6.21. The predicted octanol–water partition coefficient (Wildman–Crippen LogP) is 10.5. The van der Waals surface area contributed by atoms with Gasteiger partial charge in [-0.25, -0.2) is 0 Å². The van der Waals surface area contributed by atoms with Crippen molar-refractivity contribution in [2.45, 2.75) is 153 Å². The van der Waals surface area contributed by atoms with Crippen LogP contribution in [0, 0.1) is 0 Å². The van der Waals surface area contributed by atoms with Crippen molar-refractivity contribution in [1.29, 1.82) is 0 Å². The van der Waals surface area contributed by atoms with Crippen molar-refractivity contribution in [1.82, 2.24) is 0 Å². The predicted molar refractivity (Wildman–Crippen MR) is 152 cm³/mol. The molecule has 0 atom stereocenters. The molecule has 0 radical (unpaired) electrons. The topological polar surface area (TPSA) is 0 Å². The number of hydrogen-bond donors (Lipinski definition) is 0. The Morgan fingerprint density at radius 1 is 0.484 bits per heavy atom. The van der Waals surface area contributed by atoms with E-state index in [0.29, 0.717) is 7.92 Å². The zero-order valence-electron chi connectivity index (χ0n) is 22.1. The molecule has 2 aliphatic carbocycles. The summed E-state index contributed by atoms with van der Waals surface area (Å²) in [5.41, 5.74) is 2.34. The van der Waals surface area contributed by atoms with Crippen LogP contribution in [-0.2, 0) is 0 Å². The summed E-state index contributed by atoms with van der Waals surface area (Å²) < 4.78 is 0. The molecule has 2 saturated carbocycles. The van der Waals surface area contributed by atoms with Gasteiger partial charge in [-0.3, -0.25) is 0 Å². The van der Waals surface area contributed by atoms with E-state index in [-0.39, 0.29) is 0 Å². The second-order valence-corrected chi connectivity index (χ2v) is 20.9. The third-order valence-electron chi connectivity index (χ3n) is 8.18. The van der Waals surface area contributed by atoms with E-state index in [1.807, 2.05) is 0 Å². The first kappa shape index (κ1) is 28.1. The minimum Gasteiger partial charge on any atom is -0.100 e. The molecule has 0 aromatic rings. The van der Waals surface area contributed by atoms with E-state index >= 15 is 0 Å². The van der Waals surface area contributed by atoms with E-state index in [1.54, 1.807) is 63.9 Å². The Balaban J connectivity index is 1.42. The molecule has 0 saturated heterocycles. The number of unbranched alkanes of at least 4 members (excludes halogenated alkanes) is 11. The molecule has 2 heteroatoms. The molecular weight excluding hydrogens is 410 g/mol. The van der Waals surface area contributed by atoms with E-state index in [0.717, 1.165) is 0 Å². The molecule has 2 rings (SSSR count). The first-order valence-electron chi connectivity index (χ1n) is 14.8. The van der Waals surface area contributed by atoms with Crippen molar-refractivity contribution in [2.75, 3.05) is 32.3 Å². The first-order chi connectivity index (χ1) is 15.1. The summed E-state index contributed by atoms with van der Waals surface area (Å²) in [4.78, 5) is 0. The maximum absolute atomic E-state index is 2.51. The van der Waals surface area contributed by atoms with Gasteiger partial charge in [0.15, 0.2) is 0 Å². The minimum absolute atomic E-state index is 0.359. The van der Waals surface area contributed by atoms with Gasteiger partial charge in [0.1, 0.15) is 0 Å². The van der Waals surface area contributed by atoms with Crippen LogP contribution in [0.3, 0.4) is 0 Å². The van der Waals surface area contributed by atoms with Crippen LogP contribution in [0.5, 0.6) is 0 Å². The van der Waals surface area contributed by atoms with Gasteiger partial charge >= 0.3 is 104 Å². The van der Waals surface area contributed by atoms with Crippen LogP contribution in [0.15, 0.2) is 0 Å². The Morgan fingerprint density at radius 2 is 0.839 bits per heavy atom. The summed E-state index contributed by atoms with van der Waals surface area (Å²) in [5, 5.41) is 0. The van der Waals surface area contributed by atoms with Gasteiger partial charge in [0, 0.05) is 0 Å². The molecule has 0 spiro atoms. The monoisotopic (exact) mass is 470 g/mol. The van der Waals surface area contributed by atoms with Crippen molar-refractivity contribution in [3.63, 3.8) is 0 Å². The molecule has 0 bridgehead atoms. The van der Waals surface area contributed by atoms with Crippen LogP contribution in [0.1, 0.15) is 141 Å². The second-order valence-electron chi connectivity index (χ2n) is 12.4. The van der Waals surface area contributed by atoms with Crippen molar-refractivity contribution in [3.05, 3.63) is 0 Å². The summed E-state index contributed by atoms with van der Waals surface area (Å²) in [6, 6.07) is 0. The third kappa shape index (κ3) is 14.0. The zero-order chi connectivity index (χ0) is 22.2. The van der Waals surface area contributed by atoms with Gasteiger partial charge in [-0.05, 0) is 49.6 Å². The van der Waals surface area contributed by atoms with Gasteiger partial charge in [-0.15, -0.1) is 7.92 Å². The van der Waals surface area contributed by atoms with Gasteiger partial charge in [0.25, 0.3) is 0 Å². The SMILES string of the molecule is C[PH](C)(C)CCCCCCCCCCCCCCP(C1CCCCC1)C1CCCCC1. The van der Waals surface area contributed by atoms with Crippen LogP contribution in [-0.4, -0.2) is 43.6 Å². The van der Waals surface area contributed by atoms with E-state index in [2.05, 4.69) is 20.0 Å². The van der Waals surface area contributed by atoms with Gasteiger partial charge < -0.3 is 0 Å². The van der Waals surface area contributed by atoms with E-state index in [1.165, 1.54) is 101 Å². The molecule has 186 valence electrons. The van der Waals surface area contributed by atoms with Crippen molar-refractivity contribution >= 4 is 15.2 Å². The molecule has 0 aliphatic heterocycles. The number of rotatable bonds is 17. The summed E-state index contributed by atoms with van der Waals surface area (Å²) in [6.07, 6.45) is 37.0. The second kappa shape index (κ2) is 17.3. The molecule has 0 N–H and O–H groups in total. The first-order valence-corrected chi connectivity index (χ1v) is 20.2. The molecular formula is C29H60P2. The summed E-state index contributed by atoms with van der Waals surface area (Å²) in [7, 11) is -0.422. The Bertz CT molecular complexity index is 383. The van der Waals surface area contributed by atoms with Gasteiger partial charge in [-0.1, -0.05) is 38.5 Å². The van der Waals surface area contributed by atoms with Crippen LogP contribution < -0.4 is 0 Å². The molecule has 0 heterocycles. The van der Waals surface area contributed by atoms with E-state index in [9.17, 15) is 0 Å². The van der Waals surface area contributed by atoms with Gasteiger partial charge in [0.05, 0.1) is 0 Å². The summed E-state index contributed by atoms with van der Waals surface area (Å²) >= 11 is 0. The van der Waals surface area contributed by atoms with Crippen molar-refractivity contribution in [2.24, 2.45) is 0 Å². The maximum atomic E-state index is 2.51. The average molecular weight is 471 g/mol. The molecule has 0 aromatic carbocycles. The van der Waals surface area contributed by atoms with Crippen LogP contribution >= 0.6 is 15.2 Å². The Morgan fingerprint density at radius 3 is 1.23 bits per heavy atom. The molecule has 2 fully saturated rings. The quantitative estimate of drug-likeness (QED) is 0.146. The molecule has 0 amide bonds. The molecule has 0 nitrogen and oxygen atoms in total. The Labute approximate surface area is 200 Å². The van der Waals surface area contributed by atoms with Gasteiger partial charge in [0.2, 0.25) is 0 Å². The Kier molecular flexibility index (Phi) is 15.7. The zero-order valence-corrected chi connectivity index (χ0v) is 24.0. The summed E-state index contributed by atoms with van der Waals surface area (Å²) in [6.45, 7) is 7.54. The van der Waals surface area contributed by atoms with Crippen LogP contribution in [0.25, 0.3) is 0 Å². The molecule has 0 aromatic heterocycles. The summed E-state index contributed by atoms with van der Waals surface area (Å²) in [5.74, 6) is 0. The smallest absolute Gasteiger partial charge is 0.100 e. The third-order valence-corrected chi connectivity index (χ3v) is 13.8. The fraction of sp³-hybridized carbons (Fsp3) is 1.00. The normalized spacial score (nSPS) is 19.9. The Hall–Kier alpha value is 0.860. The van der Waals surface area contributed by atoms with Crippen LogP contribution in [0.2, 0.25) is 0 Å². The fourth-order valence-corrected chi connectivity index (χ4v) is 11.5. The number of hydrogen-bond acceptors (Lipinski definition) is 0. The van der Waals surface area contributed by atoms with Crippen molar-refractivity contribution in [3.8, 4) is 0 Å². The van der Waals surface area contributed by atoms with E-state index < -0.39 is 7.26 Å².